The van der Waals surface area contributed by atoms with Crippen molar-refractivity contribution in [1.29, 1.82) is 0 Å². The number of ether oxygens (including phenoxy) is 1. The third-order valence-corrected chi connectivity index (χ3v) is 4.38. The average Bonchev–Trinajstić information content (AvgIpc) is 2.95. The van der Waals surface area contributed by atoms with Gasteiger partial charge in [0.2, 0.25) is 0 Å². The summed E-state index contributed by atoms with van der Waals surface area (Å²) in [4.78, 5) is 0. The predicted octanol–water partition coefficient (Wildman–Crippen LogP) is 3.55. The molecule has 2 rings (SSSR count). The summed E-state index contributed by atoms with van der Waals surface area (Å²) in [5.74, 6) is 0.127. The van der Waals surface area contributed by atoms with Crippen LogP contribution in [0.2, 0.25) is 0 Å². The first-order chi connectivity index (χ1) is 10.2. The number of rotatable bonds is 8. The minimum absolute atomic E-state index is 0.436. The Labute approximate surface area is 125 Å². The van der Waals surface area contributed by atoms with E-state index in [1.807, 2.05) is 0 Å². The van der Waals surface area contributed by atoms with Gasteiger partial charge in [0, 0.05) is 19.7 Å². The minimum Gasteiger partial charge on any atom is -0.383 e. The van der Waals surface area contributed by atoms with Crippen molar-refractivity contribution in [2.75, 3.05) is 26.8 Å². The molecular formula is C17H25F2NO. The summed E-state index contributed by atoms with van der Waals surface area (Å²) in [5.41, 5.74) is 0.762. The zero-order valence-electron chi connectivity index (χ0n) is 12.7. The van der Waals surface area contributed by atoms with Gasteiger partial charge in [0.15, 0.2) is 0 Å². The fourth-order valence-electron chi connectivity index (χ4n) is 3.33. The van der Waals surface area contributed by atoms with E-state index >= 15 is 0 Å². The van der Waals surface area contributed by atoms with Gasteiger partial charge < -0.3 is 10.1 Å². The van der Waals surface area contributed by atoms with E-state index in [2.05, 4.69) is 5.32 Å². The van der Waals surface area contributed by atoms with Crippen LogP contribution < -0.4 is 5.32 Å². The van der Waals surface area contributed by atoms with Crippen LogP contribution in [-0.4, -0.2) is 26.8 Å². The molecule has 0 aliphatic heterocycles. The molecule has 1 aliphatic rings. The van der Waals surface area contributed by atoms with Gasteiger partial charge in [-0.25, -0.2) is 8.78 Å². The number of halogens is 2. The van der Waals surface area contributed by atoms with Gasteiger partial charge in [-0.3, -0.25) is 0 Å². The lowest BCUT2D eigenvalue weighted by Crippen LogP contribution is -2.31. The molecule has 0 spiro atoms. The van der Waals surface area contributed by atoms with Crippen molar-refractivity contribution < 1.29 is 13.5 Å². The van der Waals surface area contributed by atoms with Crippen LogP contribution in [0.4, 0.5) is 8.78 Å². The molecule has 0 heterocycles. The van der Waals surface area contributed by atoms with Crippen LogP contribution in [0, 0.1) is 23.5 Å². The average molecular weight is 297 g/mol. The van der Waals surface area contributed by atoms with Crippen LogP contribution >= 0.6 is 0 Å². The summed E-state index contributed by atoms with van der Waals surface area (Å²) in [7, 11) is 1.69. The van der Waals surface area contributed by atoms with Gasteiger partial charge in [-0.05, 0) is 42.5 Å². The molecule has 4 heteroatoms. The van der Waals surface area contributed by atoms with E-state index in [1.54, 1.807) is 7.11 Å². The largest absolute Gasteiger partial charge is 0.383 e. The molecule has 0 amide bonds. The van der Waals surface area contributed by atoms with Crippen LogP contribution in [0.1, 0.15) is 31.2 Å². The van der Waals surface area contributed by atoms with Crippen molar-refractivity contribution in [3.05, 3.63) is 35.4 Å². The third kappa shape index (κ3) is 5.36. The minimum atomic E-state index is -0.484. The second-order valence-electron chi connectivity index (χ2n) is 5.98. The zero-order chi connectivity index (χ0) is 15.1. The standard InChI is InChI=1S/C17H25F2NO/c1-21-7-6-20-12-15(14-4-2-3-5-14)8-13-9-16(18)11-17(19)10-13/h9-11,14-15,20H,2-8,12H2,1H3. The van der Waals surface area contributed by atoms with E-state index in [9.17, 15) is 8.78 Å². The highest BCUT2D eigenvalue weighted by Crippen LogP contribution is 2.33. The topological polar surface area (TPSA) is 21.3 Å². The van der Waals surface area contributed by atoms with Crippen molar-refractivity contribution >= 4 is 0 Å². The third-order valence-electron chi connectivity index (χ3n) is 4.38. The summed E-state index contributed by atoms with van der Waals surface area (Å²) in [6.45, 7) is 2.38. The first-order valence-corrected chi connectivity index (χ1v) is 7.83. The number of nitrogens with one attached hydrogen (secondary N) is 1. The Morgan fingerprint density at radius 2 is 1.86 bits per heavy atom. The highest BCUT2D eigenvalue weighted by molar-refractivity contribution is 5.18. The molecule has 21 heavy (non-hydrogen) atoms. The molecule has 1 aromatic carbocycles. The van der Waals surface area contributed by atoms with Crippen LogP contribution in [0.5, 0.6) is 0 Å². The van der Waals surface area contributed by atoms with Crippen LogP contribution in [0.3, 0.4) is 0 Å². The molecule has 0 aromatic heterocycles. The smallest absolute Gasteiger partial charge is 0.126 e. The fraction of sp³-hybridized carbons (Fsp3) is 0.647. The number of benzene rings is 1. The quantitative estimate of drug-likeness (QED) is 0.741. The Bertz CT molecular complexity index is 413. The van der Waals surface area contributed by atoms with Gasteiger partial charge in [0.05, 0.1) is 6.61 Å². The van der Waals surface area contributed by atoms with E-state index in [0.717, 1.165) is 31.1 Å². The van der Waals surface area contributed by atoms with Gasteiger partial charge in [0.1, 0.15) is 11.6 Å². The molecule has 0 saturated heterocycles. The maximum atomic E-state index is 13.3. The van der Waals surface area contributed by atoms with Gasteiger partial charge in [0.25, 0.3) is 0 Å². The Hall–Kier alpha value is -1.00. The lowest BCUT2D eigenvalue weighted by molar-refractivity contribution is 0.195. The molecule has 0 bridgehead atoms. The van der Waals surface area contributed by atoms with E-state index < -0.39 is 11.6 Å². The normalized spacial score (nSPS) is 17.3. The number of hydrogen-bond donors (Lipinski definition) is 1. The summed E-state index contributed by atoms with van der Waals surface area (Å²) < 4.78 is 31.7. The molecule has 1 N–H and O–H groups in total. The summed E-state index contributed by atoms with van der Waals surface area (Å²) in [5, 5.41) is 3.40. The van der Waals surface area contributed by atoms with E-state index in [1.165, 1.54) is 37.8 Å². The Balaban J connectivity index is 1.96. The molecule has 1 aromatic rings. The van der Waals surface area contributed by atoms with Gasteiger partial charge in [-0.1, -0.05) is 25.7 Å². The SMILES string of the molecule is COCCNCC(Cc1cc(F)cc(F)c1)C1CCCC1. The fourth-order valence-corrected chi connectivity index (χ4v) is 3.33. The maximum Gasteiger partial charge on any atom is 0.126 e. The van der Waals surface area contributed by atoms with Crippen molar-refractivity contribution in [1.82, 2.24) is 5.32 Å². The molecule has 1 saturated carbocycles. The monoisotopic (exact) mass is 297 g/mol. The summed E-state index contributed by atoms with van der Waals surface area (Å²) in [6, 6.07) is 3.85. The number of methoxy groups -OCH3 is 1. The molecule has 1 aliphatic carbocycles. The van der Waals surface area contributed by atoms with Crippen molar-refractivity contribution in [3.63, 3.8) is 0 Å². The predicted molar refractivity (Wildman–Crippen MR) is 80.3 cm³/mol. The Morgan fingerprint density at radius 3 is 2.48 bits per heavy atom. The van der Waals surface area contributed by atoms with Gasteiger partial charge >= 0.3 is 0 Å². The molecule has 1 fully saturated rings. The highest BCUT2D eigenvalue weighted by atomic mass is 19.1. The van der Waals surface area contributed by atoms with Gasteiger partial charge in [-0.15, -0.1) is 0 Å². The van der Waals surface area contributed by atoms with Crippen molar-refractivity contribution in [2.45, 2.75) is 32.1 Å². The summed E-state index contributed by atoms with van der Waals surface area (Å²) >= 11 is 0. The molecular weight excluding hydrogens is 272 g/mol. The van der Waals surface area contributed by atoms with Crippen LogP contribution in [-0.2, 0) is 11.2 Å². The van der Waals surface area contributed by atoms with Crippen LogP contribution in [0.15, 0.2) is 18.2 Å². The summed E-state index contributed by atoms with van der Waals surface area (Å²) in [6.07, 6.45) is 5.75. The molecule has 2 nitrogen and oxygen atoms in total. The van der Waals surface area contributed by atoms with Crippen molar-refractivity contribution in [3.8, 4) is 0 Å². The zero-order valence-corrected chi connectivity index (χ0v) is 12.7. The van der Waals surface area contributed by atoms with Crippen LogP contribution in [0.25, 0.3) is 0 Å². The molecule has 1 unspecified atom stereocenters. The van der Waals surface area contributed by atoms with E-state index in [4.69, 9.17) is 4.74 Å². The highest BCUT2D eigenvalue weighted by Gasteiger charge is 2.25. The lowest BCUT2D eigenvalue weighted by Gasteiger charge is -2.24. The first kappa shape index (κ1) is 16.4. The first-order valence-electron chi connectivity index (χ1n) is 7.83. The second-order valence-corrected chi connectivity index (χ2v) is 5.98. The Morgan fingerprint density at radius 1 is 1.19 bits per heavy atom. The molecule has 1 atom stereocenters. The lowest BCUT2D eigenvalue weighted by atomic mass is 9.85. The second kappa shape index (κ2) is 8.44. The maximum absolute atomic E-state index is 13.3. The van der Waals surface area contributed by atoms with E-state index in [-0.39, 0.29) is 0 Å². The molecule has 118 valence electrons. The van der Waals surface area contributed by atoms with Gasteiger partial charge in [-0.2, -0.15) is 0 Å². The Kier molecular flexibility index (Phi) is 6.58. The van der Waals surface area contributed by atoms with Crippen molar-refractivity contribution in [2.24, 2.45) is 11.8 Å². The van der Waals surface area contributed by atoms with E-state index in [0.29, 0.717) is 18.4 Å². The molecule has 0 radical (unpaired) electrons. The number of hydrogen-bond acceptors (Lipinski definition) is 2.